The summed E-state index contributed by atoms with van der Waals surface area (Å²) in [6.45, 7) is 2.98. The van der Waals surface area contributed by atoms with E-state index in [-0.39, 0.29) is 6.03 Å². The molecule has 0 spiro atoms. The van der Waals surface area contributed by atoms with Gasteiger partial charge in [0.25, 0.3) is 0 Å². The molecule has 2 heterocycles. The Hall–Kier alpha value is -2.25. The third kappa shape index (κ3) is 3.50. The number of thioether (sulfide) groups is 1. The van der Waals surface area contributed by atoms with Gasteiger partial charge in [0, 0.05) is 42.1 Å². The average molecular weight is 385 g/mol. The minimum absolute atomic E-state index is 0.0361. The Labute approximate surface area is 161 Å². The summed E-state index contributed by atoms with van der Waals surface area (Å²) in [5.41, 5.74) is 0.842. The molecule has 1 aromatic heterocycles. The minimum atomic E-state index is -0.0361. The first kappa shape index (κ1) is 17.2. The third-order valence-electron chi connectivity index (χ3n) is 4.55. The van der Waals surface area contributed by atoms with Crippen molar-refractivity contribution < 1.29 is 4.79 Å². The van der Waals surface area contributed by atoms with E-state index in [1.165, 1.54) is 21.6 Å². The summed E-state index contributed by atoms with van der Waals surface area (Å²) in [6.07, 6.45) is 2.03. The van der Waals surface area contributed by atoms with Crippen molar-refractivity contribution in [2.24, 2.45) is 0 Å². The molecule has 3 aromatic rings. The molecule has 1 saturated heterocycles. The van der Waals surface area contributed by atoms with E-state index in [0.717, 1.165) is 29.5 Å². The van der Waals surface area contributed by atoms with Gasteiger partial charge in [-0.2, -0.15) is 4.37 Å². The fourth-order valence-electron chi connectivity index (χ4n) is 3.13. The van der Waals surface area contributed by atoms with Gasteiger partial charge in [-0.3, -0.25) is 0 Å². The molecule has 4 rings (SSSR count). The van der Waals surface area contributed by atoms with Crippen molar-refractivity contribution in [3.05, 3.63) is 48.5 Å². The molecule has 1 aliphatic rings. The predicted molar refractivity (Wildman–Crippen MR) is 111 cm³/mol. The molecule has 1 aliphatic heterocycles. The number of aromatic nitrogens is 1. The van der Waals surface area contributed by atoms with Crippen molar-refractivity contribution in [3.8, 4) is 0 Å². The van der Waals surface area contributed by atoms with Gasteiger partial charge in [0.05, 0.1) is 4.70 Å². The summed E-state index contributed by atoms with van der Waals surface area (Å²) in [5, 5.41) is 4.21. The van der Waals surface area contributed by atoms with Crippen molar-refractivity contribution in [3.63, 3.8) is 0 Å². The number of carbonyl (C=O) groups excluding carboxylic acids is 1. The van der Waals surface area contributed by atoms with Crippen LogP contribution in [0, 0.1) is 0 Å². The van der Waals surface area contributed by atoms with Gasteiger partial charge >= 0.3 is 6.03 Å². The van der Waals surface area contributed by atoms with Crippen LogP contribution in [-0.2, 0) is 0 Å². The van der Waals surface area contributed by atoms with E-state index in [9.17, 15) is 4.79 Å². The molecular weight excluding hydrogens is 364 g/mol. The van der Waals surface area contributed by atoms with Gasteiger partial charge in [-0.25, -0.2) is 4.79 Å². The normalized spacial score (nSPS) is 14.7. The Morgan fingerprint density at radius 3 is 2.73 bits per heavy atom. The fourth-order valence-corrected chi connectivity index (χ4v) is 4.38. The number of hydrogen-bond donors (Lipinski definition) is 1. The number of urea groups is 1. The van der Waals surface area contributed by atoms with Crippen molar-refractivity contribution in [2.75, 3.05) is 42.7 Å². The topological polar surface area (TPSA) is 48.5 Å². The van der Waals surface area contributed by atoms with Gasteiger partial charge in [-0.1, -0.05) is 18.2 Å². The largest absolute Gasteiger partial charge is 0.352 e. The van der Waals surface area contributed by atoms with E-state index in [1.807, 2.05) is 47.6 Å². The maximum Gasteiger partial charge on any atom is 0.321 e. The summed E-state index contributed by atoms with van der Waals surface area (Å²) in [5.74, 6) is 1.04. The average Bonchev–Trinajstić information content (AvgIpc) is 3.12. The Balaban J connectivity index is 1.39. The number of amides is 2. The molecule has 2 aromatic carbocycles. The molecule has 0 atom stereocenters. The molecule has 0 saturated carbocycles. The molecule has 0 aliphatic carbocycles. The van der Waals surface area contributed by atoms with Gasteiger partial charge in [0.1, 0.15) is 5.82 Å². The lowest BCUT2D eigenvalue weighted by atomic mass is 10.2. The number of piperazine rings is 1. The number of benzene rings is 2. The Morgan fingerprint density at radius 2 is 1.92 bits per heavy atom. The van der Waals surface area contributed by atoms with Crippen LogP contribution in [0.1, 0.15) is 0 Å². The standard InChI is InChI=1S/C19H20N4OS2/c1-25-15-6-4-5-14(13-15)20-19(24)23-11-9-22(10-12-23)18-16-7-2-3-8-17(16)26-21-18/h2-8,13H,9-12H2,1H3,(H,20,24). The SMILES string of the molecule is CSc1cccc(NC(=O)N2CCN(c3nsc4ccccc34)CC2)c1. The Morgan fingerprint density at radius 1 is 1.12 bits per heavy atom. The van der Waals surface area contributed by atoms with Crippen LogP contribution in [-0.4, -0.2) is 47.7 Å². The molecule has 26 heavy (non-hydrogen) atoms. The molecule has 5 nitrogen and oxygen atoms in total. The summed E-state index contributed by atoms with van der Waals surface area (Å²) >= 11 is 3.20. The maximum atomic E-state index is 12.5. The summed E-state index contributed by atoms with van der Waals surface area (Å²) in [7, 11) is 0. The van der Waals surface area contributed by atoms with E-state index in [2.05, 4.69) is 26.7 Å². The summed E-state index contributed by atoms with van der Waals surface area (Å²) in [4.78, 5) is 17.8. The number of anilines is 2. The molecule has 0 radical (unpaired) electrons. The zero-order valence-electron chi connectivity index (χ0n) is 14.5. The molecular formula is C19H20N4OS2. The van der Waals surface area contributed by atoms with Gasteiger partial charge in [-0.15, -0.1) is 11.8 Å². The first-order valence-electron chi connectivity index (χ1n) is 8.54. The molecule has 2 amide bonds. The number of hydrogen-bond acceptors (Lipinski definition) is 5. The number of fused-ring (bicyclic) bond motifs is 1. The van der Waals surface area contributed by atoms with Gasteiger partial charge in [0.2, 0.25) is 0 Å². The van der Waals surface area contributed by atoms with Gasteiger partial charge < -0.3 is 15.1 Å². The zero-order valence-corrected chi connectivity index (χ0v) is 16.1. The van der Waals surface area contributed by atoms with E-state index >= 15 is 0 Å². The smallest absolute Gasteiger partial charge is 0.321 e. The number of nitrogens with one attached hydrogen (secondary N) is 1. The predicted octanol–water partition coefficient (Wildman–Crippen LogP) is 4.37. The highest BCUT2D eigenvalue weighted by atomic mass is 32.2. The highest BCUT2D eigenvalue weighted by molar-refractivity contribution is 7.98. The van der Waals surface area contributed by atoms with E-state index in [4.69, 9.17) is 0 Å². The van der Waals surface area contributed by atoms with Crippen LogP contribution in [0.2, 0.25) is 0 Å². The second kappa shape index (κ2) is 7.55. The number of rotatable bonds is 3. The second-order valence-corrected chi connectivity index (χ2v) is 7.82. The minimum Gasteiger partial charge on any atom is -0.352 e. The molecule has 1 N–H and O–H groups in total. The van der Waals surface area contributed by atoms with E-state index < -0.39 is 0 Å². The molecule has 7 heteroatoms. The molecule has 0 bridgehead atoms. The van der Waals surface area contributed by atoms with Gasteiger partial charge in [0.15, 0.2) is 0 Å². The first-order chi connectivity index (χ1) is 12.7. The number of carbonyl (C=O) groups is 1. The maximum absolute atomic E-state index is 12.5. The lowest BCUT2D eigenvalue weighted by Gasteiger charge is -2.35. The molecule has 0 unspecified atom stereocenters. The summed E-state index contributed by atoms with van der Waals surface area (Å²) < 4.78 is 5.83. The third-order valence-corrected chi connectivity index (χ3v) is 6.09. The highest BCUT2D eigenvalue weighted by Gasteiger charge is 2.23. The zero-order chi connectivity index (χ0) is 17.9. The van der Waals surface area contributed by atoms with E-state index in [0.29, 0.717) is 13.1 Å². The lowest BCUT2D eigenvalue weighted by Crippen LogP contribution is -2.50. The van der Waals surface area contributed by atoms with Crippen LogP contribution >= 0.6 is 23.3 Å². The van der Waals surface area contributed by atoms with Crippen LogP contribution in [0.3, 0.4) is 0 Å². The van der Waals surface area contributed by atoms with Crippen molar-refractivity contribution in [2.45, 2.75) is 4.90 Å². The first-order valence-corrected chi connectivity index (χ1v) is 10.5. The lowest BCUT2D eigenvalue weighted by molar-refractivity contribution is 0.208. The van der Waals surface area contributed by atoms with Crippen molar-refractivity contribution >= 4 is 50.9 Å². The number of nitrogens with zero attached hydrogens (tertiary/aromatic N) is 3. The van der Waals surface area contributed by atoms with E-state index in [1.54, 1.807) is 11.8 Å². The second-order valence-electron chi connectivity index (χ2n) is 6.14. The summed E-state index contributed by atoms with van der Waals surface area (Å²) in [6, 6.07) is 16.2. The highest BCUT2D eigenvalue weighted by Crippen LogP contribution is 2.30. The van der Waals surface area contributed by atoms with Crippen LogP contribution in [0.5, 0.6) is 0 Å². The van der Waals surface area contributed by atoms with Crippen LogP contribution in [0.15, 0.2) is 53.4 Å². The van der Waals surface area contributed by atoms with Crippen molar-refractivity contribution in [1.29, 1.82) is 0 Å². The molecule has 134 valence electrons. The van der Waals surface area contributed by atoms with Gasteiger partial charge in [-0.05, 0) is 48.1 Å². The molecule has 1 fully saturated rings. The van der Waals surface area contributed by atoms with Crippen LogP contribution in [0.25, 0.3) is 10.1 Å². The monoisotopic (exact) mass is 384 g/mol. The van der Waals surface area contributed by atoms with Crippen LogP contribution < -0.4 is 10.2 Å². The Kier molecular flexibility index (Phi) is 4.99. The van der Waals surface area contributed by atoms with Crippen LogP contribution in [0.4, 0.5) is 16.3 Å². The Bertz CT molecular complexity index is 919. The quantitative estimate of drug-likeness (QED) is 0.681. The fraction of sp³-hybridized carbons (Fsp3) is 0.263. The van der Waals surface area contributed by atoms with Crippen molar-refractivity contribution in [1.82, 2.24) is 9.27 Å².